The molecule has 0 saturated carbocycles. The summed E-state index contributed by atoms with van der Waals surface area (Å²) in [5.41, 5.74) is 3.44. The van der Waals surface area contributed by atoms with Crippen LogP contribution in [0.3, 0.4) is 0 Å². The molecule has 0 spiro atoms. The number of fused-ring (bicyclic) bond motifs is 1. The van der Waals surface area contributed by atoms with Crippen LogP contribution in [0.5, 0.6) is 5.75 Å². The van der Waals surface area contributed by atoms with Gasteiger partial charge < -0.3 is 9.72 Å². The first kappa shape index (κ1) is 16.2. The predicted molar refractivity (Wildman–Crippen MR) is 92.2 cm³/mol. The topological polar surface area (TPSA) is 37.9 Å². The number of benzene rings is 3. The first-order valence-corrected chi connectivity index (χ1v) is 7.91. The number of aromatic amines is 1. The lowest BCUT2D eigenvalue weighted by molar-refractivity contribution is 0.299. The second-order valence-corrected chi connectivity index (χ2v) is 5.79. The van der Waals surface area contributed by atoms with E-state index in [1.54, 1.807) is 0 Å². The number of imidazole rings is 1. The summed E-state index contributed by atoms with van der Waals surface area (Å²) in [5.74, 6) is -3.43. The van der Waals surface area contributed by atoms with Crippen LogP contribution in [0.2, 0.25) is 0 Å². The van der Waals surface area contributed by atoms with E-state index in [4.69, 9.17) is 4.74 Å². The molecule has 3 aromatic carbocycles. The summed E-state index contributed by atoms with van der Waals surface area (Å²) < 4.78 is 44.9. The fourth-order valence-corrected chi connectivity index (χ4v) is 2.68. The molecule has 6 heteroatoms. The summed E-state index contributed by atoms with van der Waals surface area (Å²) in [5, 5.41) is 0. The van der Waals surface area contributed by atoms with Gasteiger partial charge in [-0.1, -0.05) is 30.3 Å². The van der Waals surface area contributed by atoms with Crippen LogP contribution in [0.15, 0.2) is 60.7 Å². The number of rotatable bonds is 4. The van der Waals surface area contributed by atoms with Gasteiger partial charge in [0, 0.05) is 17.7 Å². The highest BCUT2D eigenvalue weighted by molar-refractivity contribution is 5.79. The van der Waals surface area contributed by atoms with Gasteiger partial charge in [-0.3, -0.25) is 0 Å². The first-order chi connectivity index (χ1) is 12.6. The van der Waals surface area contributed by atoms with E-state index in [2.05, 4.69) is 9.97 Å². The quantitative estimate of drug-likeness (QED) is 0.510. The van der Waals surface area contributed by atoms with Crippen LogP contribution in [-0.4, -0.2) is 9.97 Å². The second kappa shape index (κ2) is 6.55. The Kier molecular flexibility index (Phi) is 4.08. The van der Waals surface area contributed by atoms with Gasteiger partial charge >= 0.3 is 0 Å². The van der Waals surface area contributed by atoms with Gasteiger partial charge in [-0.05, 0) is 23.8 Å². The van der Waals surface area contributed by atoms with Crippen molar-refractivity contribution in [3.05, 3.63) is 83.7 Å². The molecule has 1 heterocycles. The molecule has 0 saturated heterocycles. The predicted octanol–water partition coefficient (Wildman–Crippen LogP) is 5.23. The summed E-state index contributed by atoms with van der Waals surface area (Å²) in [7, 11) is 0. The molecule has 4 rings (SSSR count). The van der Waals surface area contributed by atoms with Crippen molar-refractivity contribution in [1.29, 1.82) is 0 Å². The van der Waals surface area contributed by atoms with Gasteiger partial charge in [0.25, 0.3) is 0 Å². The van der Waals surface area contributed by atoms with Gasteiger partial charge in [0.15, 0.2) is 17.5 Å². The van der Waals surface area contributed by atoms with Crippen molar-refractivity contribution < 1.29 is 17.9 Å². The number of nitrogens with zero attached hydrogens (tertiary/aromatic N) is 1. The van der Waals surface area contributed by atoms with Crippen molar-refractivity contribution in [2.75, 3.05) is 0 Å². The Hall–Kier alpha value is -3.28. The van der Waals surface area contributed by atoms with Crippen LogP contribution >= 0.6 is 0 Å². The van der Waals surface area contributed by atoms with Gasteiger partial charge in [0.05, 0.1) is 11.0 Å². The highest BCUT2D eigenvalue weighted by atomic mass is 19.2. The standard InChI is InChI=1S/C20H13F3N2O/c21-15-9-14(10-16(22)19(15)23)26-11-12-4-3-5-13(8-12)20-24-17-6-1-2-7-18(17)25-20/h1-10H,11H2,(H,24,25). The van der Waals surface area contributed by atoms with E-state index >= 15 is 0 Å². The molecule has 0 aliphatic carbocycles. The number of H-pyrrole nitrogens is 1. The number of aromatic nitrogens is 2. The smallest absolute Gasteiger partial charge is 0.194 e. The lowest BCUT2D eigenvalue weighted by atomic mass is 10.1. The number of halogens is 3. The summed E-state index contributed by atoms with van der Waals surface area (Å²) in [6.07, 6.45) is 0. The van der Waals surface area contributed by atoms with Gasteiger partial charge in [-0.2, -0.15) is 0 Å². The lowest BCUT2D eigenvalue weighted by Crippen LogP contribution is -1.99. The molecule has 0 atom stereocenters. The molecule has 4 aromatic rings. The number of hydrogen-bond donors (Lipinski definition) is 1. The Balaban J connectivity index is 1.56. The Morgan fingerprint density at radius 2 is 1.65 bits per heavy atom. The largest absolute Gasteiger partial charge is 0.489 e. The molecule has 0 aliphatic rings. The van der Waals surface area contributed by atoms with E-state index < -0.39 is 17.5 Å². The van der Waals surface area contributed by atoms with Gasteiger partial charge in [-0.15, -0.1) is 0 Å². The molecule has 0 bridgehead atoms. The van der Waals surface area contributed by atoms with Crippen LogP contribution < -0.4 is 4.74 Å². The van der Waals surface area contributed by atoms with Crippen molar-refractivity contribution in [1.82, 2.24) is 9.97 Å². The Morgan fingerprint density at radius 1 is 0.885 bits per heavy atom. The molecule has 1 N–H and O–H groups in total. The molecule has 3 nitrogen and oxygen atoms in total. The SMILES string of the molecule is Fc1cc(OCc2cccc(-c3nc4ccccc4[nH]3)c2)cc(F)c1F. The minimum absolute atomic E-state index is 0.0736. The van der Waals surface area contributed by atoms with Crippen LogP contribution in [0.1, 0.15) is 5.56 Å². The van der Waals surface area contributed by atoms with E-state index in [0.29, 0.717) is 5.82 Å². The summed E-state index contributed by atoms with van der Waals surface area (Å²) >= 11 is 0. The molecule has 0 aliphatic heterocycles. The van der Waals surface area contributed by atoms with E-state index in [0.717, 1.165) is 34.3 Å². The molecular weight excluding hydrogens is 341 g/mol. The monoisotopic (exact) mass is 354 g/mol. The van der Waals surface area contributed by atoms with E-state index in [1.807, 2.05) is 48.5 Å². The zero-order valence-electron chi connectivity index (χ0n) is 13.5. The Morgan fingerprint density at radius 3 is 2.42 bits per heavy atom. The molecular formula is C20H13F3N2O. The van der Waals surface area contributed by atoms with Crippen molar-refractivity contribution in [2.45, 2.75) is 6.61 Å². The zero-order valence-corrected chi connectivity index (χ0v) is 13.5. The maximum atomic E-state index is 13.2. The molecule has 1 aromatic heterocycles. The fraction of sp³-hybridized carbons (Fsp3) is 0.0500. The van der Waals surface area contributed by atoms with Gasteiger partial charge in [0.1, 0.15) is 18.2 Å². The molecule has 130 valence electrons. The highest BCUT2D eigenvalue weighted by Crippen LogP contribution is 2.23. The summed E-state index contributed by atoms with van der Waals surface area (Å²) in [6, 6.07) is 16.8. The maximum absolute atomic E-state index is 13.2. The Bertz CT molecular complexity index is 1040. The van der Waals surface area contributed by atoms with Crippen molar-refractivity contribution in [2.24, 2.45) is 0 Å². The summed E-state index contributed by atoms with van der Waals surface area (Å²) in [6.45, 7) is 0.0819. The minimum atomic E-state index is -1.51. The Labute approximate surface area is 147 Å². The molecule has 0 fully saturated rings. The first-order valence-electron chi connectivity index (χ1n) is 7.91. The van der Waals surface area contributed by atoms with Crippen LogP contribution in [-0.2, 0) is 6.61 Å². The average molecular weight is 354 g/mol. The zero-order chi connectivity index (χ0) is 18.1. The number of hydrogen-bond acceptors (Lipinski definition) is 2. The van der Waals surface area contributed by atoms with Crippen molar-refractivity contribution in [3.8, 4) is 17.1 Å². The van der Waals surface area contributed by atoms with E-state index in [9.17, 15) is 13.2 Å². The molecule has 0 unspecified atom stereocenters. The number of para-hydroxylation sites is 2. The van der Waals surface area contributed by atoms with Crippen LogP contribution in [0.25, 0.3) is 22.4 Å². The van der Waals surface area contributed by atoms with Crippen molar-refractivity contribution in [3.63, 3.8) is 0 Å². The fourth-order valence-electron chi connectivity index (χ4n) is 2.68. The number of nitrogens with one attached hydrogen (secondary N) is 1. The summed E-state index contributed by atoms with van der Waals surface area (Å²) in [4.78, 5) is 7.78. The average Bonchev–Trinajstić information content (AvgIpc) is 3.09. The van der Waals surface area contributed by atoms with Gasteiger partial charge in [-0.25, -0.2) is 18.2 Å². The molecule has 26 heavy (non-hydrogen) atoms. The van der Waals surface area contributed by atoms with E-state index in [1.165, 1.54) is 0 Å². The lowest BCUT2D eigenvalue weighted by Gasteiger charge is -2.08. The highest BCUT2D eigenvalue weighted by Gasteiger charge is 2.11. The number of ether oxygens (including phenoxy) is 1. The maximum Gasteiger partial charge on any atom is 0.194 e. The third-order valence-electron chi connectivity index (χ3n) is 3.95. The normalized spacial score (nSPS) is 11.0. The van der Waals surface area contributed by atoms with E-state index in [-0.39, 0.29) is 12.4 Å². The third-order valence-corrected chi connectivity index (χ3v) is 3.95. The molecule has 0 radical (unpaired) electrons. The second-order valence-electron chi connectivity index (χ2n) is 5.79. The van der Waals surface area contributed by atoms with Crippen LogP contribution in [0, 0.1) is 17.5 Å². The molecule has 0 amide bonds. The van der Waals surface area contributed by atoms with Crippen molar-refractivity contribution >= 4 is 11.0 Å². The van der Waals surface area contributed by atoms with Crippen LogP contribution in [0.4, 0.5) is 13.2 Å². The third kappa shape index (κ3) is 3.13. The minimum Gasteiger partial charge on any atom is -0.489 e. The van der Waals surface area contributed by atoms with Gasteiger partial charge in [0.2, 0.25) is 0 Å².